The van der Waals surface area contributed by atoms with Crippen LogP contribution in [0.25, 0.3) is 0 Å². The van der Waals surface area contributed by atoms with Gasteiger partial charge >= 0.3 is 0 Å². The van der Waals surface area contributed by atoms with Gasteiger partial charge < -0.3 is 21.1 Å². The van der Waals surface area contributed by atoms with Gasteiger partial charge in [-0.3, -0.25) is 15.0 Å². The molecule has 0 saturated carbocycles. The van der Waals surface area contributed by atoms with Crippen LogP contribution in [0.4, 0.5) is 5.69 Å². The Bertz CT molecular complexity index is 646. The normalized spacial score (nSPS) is 18.9. The Hall–Kier alpha value is -2.55. The molecule has 5 N–H and O–H groups in total. The number of hydrogen-bond acceptors (Lipinski definition) is 5. The van der Waals surface area contributed by atoms with Crippen molar-refractivity contribution in [1.29, 1.82) is 5.41 Å². The molecule has 22 heavy (non-hydrogen) atoms. The number of methoxy groups -OCH3 is 1. The number of nitrogens with zero attached hydrogens (tertiary/aromatic N) is 1. The Labute approximate surface area is 131 Å². The van der Waals surface area contributed by atoms with Gasteiger partial charge in [0.2, 0.25) is 17.8 Å². The maximum absolute atomic E-state index is 12.0. The minimum absolute atomic E-state index is 0.0223. The summed E-state index contributed by atoms with van der Waals surface area (Å²) < 4.78 is 5.14. The lowest BCUT2D eigenvalue weighted by molar-refractivity contribution is -0.122. The van der Waals surface area contributed by atoms with E-state index < -0.39 is 11.2 Å². The smallest absolute Gasteiger partial charge is 0.240 e. The van der Waals surface area contributed by atoms with Crippen molar-refractivity contribution in [2.45, 2.75) is 11.7 Å². The molecule has 2 amide bonds. The van der Waals surface area contributed by atoms with Gasteiger partial charge in [0.05, 0.1) is 12.8 Å². The van der Waals surface area contributed by atoms with Crippen LogP contribution in [0.2, 0.25) is 0 Å². The lowest BCUT2D eigenvalue weighted by Gasteiger charge is -2.10. The second-order valence-electron chi connectivity index (χ2n) is 4.35. The highest BCUT2D eigenvalue weighted by atomic mass is 32.2. The zero-order valence-corrected chi connectivity index (χ0v) is 12.6. The Balaban J connectivity index is 1.98. The monoisotopic (exact) mass is 321 g/mol. The lowest BCUT2D eigenvalue weighted by Crippen LogP contribution is -2.28. The van der Waals surface area contributed by atoms with Crippen LogP contribution in [0.5, 0.6) is 5.75 Å². The van der Waals surface area contributed by atoms with Crippen molar-refractivity contribution in [1.82, 2.24) is 5.32 Å². The quantitative estimate of drug-likeness (QED) is 0.474. The molecular weight excluding hydrogens is 306 g/mol. The first kappa shape index (κ1) is 15.8. The summed E-state index contributed by atoms with van der Waals surface area (Å²) in [5.41, 5.74) is 5.67. The average Bonchev–Trinajstić information content (AvgIpc) is 2.78. The number of thioether (sulfide) groups is 1. The van der Waals surface area contributed by atoms with Gasteiger partial charge in [-0.2, -0.15) is 4.99 Å². The van der Waals surface area contributed by atoms with Crippen molar-refractivity contribution in [3.05, 3.63) is 24.3 Å². The fourth-order valence-electron chi connectivity index (χ4n) is 1.82. The number of amidine groups is 1. The summed E-state index contributed by atoms with van der Waals surface area (Å²) >= 11 is 1.07. The molecule has 116 valence electrons. The number of rotatable bonds is 4. The van der Waals surface area contributed by atoms with E-state index in [1.165, 1.54) is 7.11 Å². The van der Waals surface area contributed by atoms with E-state index >= 15 is 0 Å². The van der Waals surface area contributed by atoms with E-state index in [1.54, 1.807) is 24.3 Å². The van der Waals surface area contributed by atoms with Crippen LogP contribution in [0.15, 0.2) is 29.3 Å². The number of aliphatic imine (C=N–C) groups is 1. The third kappa shape index (κ3) is 3.98. The zero-order chi connectivity index (χ0) is 16.1. The van der Waals surface area contributed by atoms with Crippen LogP contribution in [-0.4, -0.2) is 35.3 Å². The standard InChI is InChI=1S/C13H15N5O3S/c1-21-8-5-3-2-4-7(8)16-10(19)6-9-11(20)17-13(22-9)18-12(14)15/h2-5,9H,6H2,1H3,(H,16,19)(H4,14,15,17,18,20). The van der Waals surface area contributed by atoms with Gasteiger partial charge in [0.25, 0.3) is 0 Å². The molecule has 1 aromatic carbocycles. The van der Waals surface area contributed by atoms with E-state index in [9.17, 15) is 9.59 Å². The third-order valence-corrected chi connectivity index (χ3v) is 3.83. The predicted octanol–water partition coefficient (Wildman–Crippen LogP) is 0.505. The van der Waals surface area contributed by atoms with Gasteiger partial charge in [-0.15, -0.1) is 0 Å². The van der Waals surface area contributed by atoms with Crippen LogP contribution in [0, 0.1) is 5.41 Å². The molecule has 0 aromatic heterocycles. The molecule has 0 aliphatic carbocycles. The van der Waals surface area contributed by atoms with Crippen LogP contribution >= 0.6 is 11.8 Å². The average molecular weight is 321 g/mol. The molecule has 0 spiro atoms. The summed E-state index contributed by atoms with van der Waals surface area (Å²) in [5, 5.41) is 11.9. The molecule has 0 radical (unpaired) electrons. The highest BCUT2D eigenvalue weighted by Gasteiger charge is 2.32. The molecule has 1 heterocycles. The highest BCUT2D eigenvalue weighted by Crippen LogP contribution is 2.26. The number of guanidine groups is 1. The fraction of sp³-hybridized carbons (Fsp3) is 0.231. The molecule has 1 aliphatic heterocycles. The van der Waals surface area contributed by atoms with Crippen molar-refractivity contribution in [3.8, 4) is 5.75 Å². The topological polar surface area (TPSA) is 130 Å². The number of benzene rings is 1. The number of carbonyl (C=O) groups is 2. The number of anilines is 1. The van der Waals surface area contributed by atoms with Crippen molar-refractivity contribution < 1.29 is 14.3 Å². The number of nitrogens with one attached hydrogen (secondary N) is 3. The first-order chi connectivity index (χ1) is 10.5. The largest absolute Gasteiger partial charge is 0.495 e. The zero-order valence-electron chi connectivity index (χ0n) is 11.8. The number of carbonyl (C=O) groups excluding carboxylic acids is 2. The first-order valence-corrected chi connectivity index (χ1v) is 7.20. The van der Waals surface area contributed by atoms with Crippen molar-refractivity contribution in [3.63, 3.8) is 0 Å². The molecule has 1 saturated heterocycles. The SMILES string of the molecule is COc1ccccc1NC(=O)CC1SC(=NC(=N)N)NC1=O. The number of hydrogen-bond donors (Lipinski definition) is 4. The van der Waals surface area contributed by atoms with Crippen molar-refractivity contribution in [2.24, 2.45) is 10.7 Å². The molecule has 1 aliphatic rings. The maximum atomic E-state index is 12.0. The van der Waals surface area contributed by atoms with Gasteiger partial charge in [0, 0.05) is 6.42 Å². The van der Waals surface area contributed by atoms with Crippen molar-refractivity contribution >= 4 is 40.4 Å². The van der Waals surface area contributed by atoms with E-state index in [2.05, 4.69) is 15.6 Å². The molecular formula is C13H15N5O3S. The van der Waals surface area contributed by atoms with E-state index in [0.717, 1.165) is 11.8 Å². The molecule has 8 nitrogen and oxygen atoms in total. The maximum Gasteiger partial charge on any atom is 0.240 e. The number of para-hydroxylation sites is 2. The van der Waals surface area contributed by atoms with Gasteiger partial charge in [-0.1, -0.05) is 23.9 Å². The summed E-state index contributed by atoms with van der Waals surface area (Å²) in [6.07, 6.45) is -0.0223. The Kier molecular flexibility index (Phi) is 4.99. The van der Waals surface area contributed by atoms with E-state index in [4.69, 9.17) is 15.9 Å². The van der Waals surface area contributed by atoms with E-state index in [-0.39, 0.29) is 23.4 Å². The second kappa shape index (κ2) is 6.94. The van der Waals surface area contributed by atoms with E-state index in [1.807, 2.05) is 0 Å². The number of amides is 2. The molecule has 1 atom stereocenters. The second-order valence-corrected chi connectivity index (χ2v) is 5.54. The molecule has 1 unspecified atom stereocenters. The van der Waals surface area contributed by atoms with Crippen LogP contribution in [-0.2, 0) is 9.59 Å². The number of nitrogens with two attached hydrogens (primary N) is 1. The molecule has 9 heteroatoms. The van der Waals surface area contributed by atoms with Gasteiger partial charge in [-0.05, 0) is 12.1 Å². The Morgan fingerprint density at radius 2 is 2.27 bits per heavy atom. The van der Waals surface area contributed by atoms with E-state index in [0.29, 0.717) is 11.4 Å². The summed E-state index contributed by atoms with van der Waals surface area (Å²) in [6.45, 7) is 0. The summed E-state index contributed by atoms with van der Waals surface area (Å²) in [5.74, 6) is -0.512. The van der Waals surface area contributed by atoms with Crippen LogP contribution in [0.3, 0.4) is 0 Å². The summed E-state index contributed by atoms with van der Waals surface area (Å²) in [7, 11) is 1.51. The minimum Gasteiger partial charge on any atom is -0.495 e. The van der Waals surface area contributed by atoms with Gasteiger partial charge in [0.1, 0.15) is 11.0 Å². The summed E-state index contributed by atoms with van der Waals surface area (Å²) in [6, 6.07) is 7.00. The predicted molar refractivity (Wildman–Crippen MR) is 85.1 cm³/mol. The van der Waals surface area contributed by atoms with Crippen LogP contribution < -0.4 is 21.1 Å². The van der Waals surface area contributed by atoms with Crippen molar-refractivity contribution in [2.75, 3.05) is 12.4 Å². The van der Waals surface area contributed by atoms with Gasteiger partial charge in [-0.25, -0.2) is 0 Å². The Morgan fingerprint density at radius 3 is 2.95 bits per heavy atom. The number of ether oxygens (including phenoxy) is 1. The first-order valence-electron chi connectivity index (χ1n) is 6.32. The fourth-order valence-corrected chi connectivity index (χ4v) is 2.80. The third-order valence-electron chi connectivity index (χ3n) is 2.75. The minimum atomic E-state index is -0.604. The van der Waals surface area contributed by atoms with Crippen LogP contribution in [0.1, 0.15) is 6.42 Å². The molecule has 1 fully saturated rings. The molecule has 2 rings (SSSR count). The highest BCUT2D eigenvalue weighted by molar-refractivity contribution is 8.15. The molecule has 1 aromatic rings. The Morgan fingerprint density at radius 1 is 1.55 bits per heavy atom. The van der Waals surface area contributed by atoms with Gasteiger partial charge in [0.15, 0.2) is 5.17 Å². The molecule has 0 bridgehead atoms. The summed E-state index contributed by atoms with van der Waals surface area (Å²) in [4.78, 5) is 27.4. The lowest BCUT2D eigenvalue weighted by atomic mass is 10.2.